The van der Waals surface area contributed by atoms with Crippen LogP contribution in [0.1, 0.15) is 48.8 Å². The highest BCUT2D eigenvalue weighted by molar-refractivity contribution is 5.93. The van der Waals surface area contributed by atoms with Crippen LogP contribution < -0.4 is 5.32 Å². The molecular formula is C21H26N4O. The summed E-state index contributed by atoms with van der Waals surface area (Å²) in [6.07, 6.45) is 8.60. The first-order valence-electron chi connectivity index (χ1n) is 9.42. The Kier molecular flexibility index (Phi) is 6.36. The van der Waals surface area contributed by atoms with Crippen molar-refractivity contribution >= 4 is 16.9 Å². The number of unbranched alkanes of at least 4 members (excludes halogenated alkanes) is 2. The lowest BCUT2D eigenvalue weighted by molar-refractivity contribution is 0.0953. The molecule has 3 aromatic rings. The third-order valence-electron chi connectivity index (χ3n) is 4.52. The monoisotopic (exact) mass is 350 g/mol. The van der Waals surface area contributed by atoms with Crippen LogP contribution >= 0.6 is 0 Å². The van der Waals surface area contributed by atoms with Gasteiger partial charge in [0.05, 0.1) is 11.0 Å². The lowest BCUT2D eigenvalue weighted by atomic mass is 10.2. The van der Waals surface area contributed by atoms with Gasteiger partial charge in [-0.3, -0.25) is 9.78 Å². The molecule has 2 heterocycles. The molecule has 5 heteroatoms. The van der Waals surface area contributed by atoms with E-state index in [9.17, 15) is 4.79 Å². The summed E-state index contributed by atoms with van der Waals surface area (Å²) in [6.45, 7) is 3.87. The van der Waals surface area contributed by atoms with Gasteiger partial charge in [0.25, 0.3) is 5.91 Å². The molecule has 0 bridgehead atoms. The van der Waals surface area contributed by atoms with Crippen molar-refractivity contribution in [1.82, 2.24) is 19.9 Å². The number of carbonyl (C=O) groups is 1. The second-order valence-electron chi connectivity index (χ2n) is 6.47. The van der Waals surface area contributed by atoms with Crippen LogP contribution in [0.2, 0.25) is 0 Å². The minimum Gasteiger partial charge on any atom is -0.352 e. The van der Waals surface area contributed by atoms with Gasteiger partial charge in [0.1, 0.15) is 5.82 Å². The molecule has 0 aliphatic rings. The summed E-state index contributed by atoms with van der Waals surface area (Å²) < 4.78 is 2.34. The minimum absolute atomic E-state index is 0.0520. The van der Waals surface area contributed by atoms with Crippen molar-refractivity contribution in [2.75, 3.05) is 6.54 Å². The zero-order valence-corrected chi connectivity index (χ0v) is 15.3. The maximum absolute atomic E-state index is 12.1. The zero-order chi connectivity index (χ0) is 18.2. The third kappa shape index (κ3) is 4.48. The molecular weight excluding hydrogens is 324 g/mol. The first-order valence-corrected chi connectivity index (χ1v) is 9.42. The predicted molar refractivity (Wildman–Crippen MR) is 104 cm³/mol. The Morgan fingerprint density at radius 3 is 2.69 bits per heavy atom. The van der Waals surface area contributed by atoms with Crippen molar-refractivity contribution in [2.24, 2.45) is 0 Å². The van der Waals surface area contributed by atoms with Gasteiger partial charge in [-0.2, -0.15) is 0 Å². The van der Waals surface area contributed by atoms with Crippen molar-refractivity contribution in [2.45, 2.75) is 45.6 Å². The number of amides is 1. The largest absolute Gasteiger partial charge is 0.352 e. The molecule has 5 nitrogen and oxygen atoms in total. The summed E-state index contributed by atoms with van der Waals surface area (Å²) in [4.78, 5) is 20.8. The number of imidazole rings is 1. The highest BCUT2D eigenvalue weighted by Crippen LogP contribution is 2.18. The van der Waals surface area contributed by atoms with E-state index in [0.29, 0.717) is 12.1 Å². The fraction of sp³-hybridized carbons (Fsp3) is 0.381. The van der Waals surface area contributed by atoms with Crippen LogP contribution in [-0.2, 0) is 13.0 Å². The average molecular weight is 350 g/mol. The first-order chi connectivity index (χ1) is 12.8. The molecule has 1 aromatic carbocycles. The Balaban J connectivity index is 1.59. The van der Waals surface area contributed by atoms with E-state index in [-0.39, 0.29) is 5.91 Å². The molecule has 0 saturated carbocycles. The second kappa shape index (κ2) is 9.13. The Bertz CT molecular complexity index is 842. The van der Waals surface area contributed by atoms with Crippen molar-refractivity contribution in [3.05, 3.63) is 60.2 Å². The van der Waals surface area contributed by atoms with Gasteiger partial charge in [-0.15, -0.1) is 0 Å². The van der Waals surface area contributed by atoms with Crippen LogP contribution in [0.3, 0.4) is 0 Å². The molecule has 3 rings (SSSR count). The van der Waals surface area contributed by atoms with Crippen LogP contribution in [0.4, 0.5) is 0 Å². The smallest absolute Gasteiger partial charge is 0.251 e. The molecule has 0 atom stereocenters. The summed E-state index contributed by atoms with van der Waals surface area (Å²) in [5.74, 6) is 1.06. The average Bonchev–Trinajstić information content (AvgIpc) is 3.03. The number of benzene rings is 1. The molecule has 0 saturated heterocycles. The van der Waals surface area contributed by atoms with Crippen molar-refractivity contribution in [1.29, 1.82) is 0 Å². The SMILES string of the molecule is CCCCCn1c(CCCNC(=O)c2ccncc2)nc2ccccc21. The number of aryl methyl sites for hydroxylation is 2. The molecule has 0 spiro atoms. The molecule has 1 amide bonds. The molecule has 0 aliphatic heterocycles. The normalized spacial score (nSPS) is 11.0. The van der Waals surface area contributed by atoms with Gasteiger partial charge < -0.3 is 9.88 Å². The van der Waals surface area contributed by atoms with Gasteiger partial charge in [-0.25, -0.2) is 4.98 Å². The standard InChI is InChI=1S/C21H26N4O/c1-2-3-6-16-25-19-9-5-4-8-18(19)24-20(25)10-7-13-23-21(26)17-11-14-22-15-12-17/h4-5,8-9,11-12,14-15H,2-3,6-7,10,13,16H2,1H3,(H,23,26). The number of aromatic nitrogens is 3. The van der Waals surface area contributed by atoms with E-state index in [1.165, 1.54) is 24.8 Å². The summed E-state index contributed by atoms with van der Waals surface area (Å²) in [5.41, 5.74) is 2.91. The highest BCUT2D eigenvalue weighted by Gasteiger charge is 2.10. The predicted octanol–water partition coefficient (Wildman–Crippen LogP) is 3.98. The summed E-state index contributed by atoms with van der Waals surface area (Å²) in [7, 11) is 0. The van der Waals surface area contributed by atoms with E-state index in [1.54, 1.807) is 24.5 Å². The first kappa shape index (κ1) is 18.1. The van der Waals surface area contributed by atoms with Gasteiger partial charge >= 0.3 is 0 Å². The van der Waals surface area contributed by atoms with E-state index < -0.39 is 0 Å². The van der Waals surface area contributed by atoms with Crippen LogP contribution in [0, 0.1) is 0 Å². The topological polar surface area (TPSA) is 59.8 Å². The maximum Gasteiger partial charge on any atom is 0.251 e. The number of carbonyl (C=O) groups excluding carboxylic acids is 1. The number of pyridine rings is 1. The van der Waals surface area contributed by atoms with Gasteiger partial charge in [-0.1, -0.05) is 31.9 Å². The molecule has 1 N–H and O–H groups in total. The molecule has 0 aliphatic carbocycles. The quantitative estimate of drug-likeness (QED) is 0.594. The van der Waals surface area contributed by atoms with Crippen molar-refractivity contribution in [3.63, 3.8) is 0 Å². The summed E-state index contributed by atoms with van der Waals surface area (Å²) in [5, 5.41) is 2.97. The van der Waals surface area contributed by atoms with E-state index >= 15 is 0 Å². The number of nitrogens with one attached hydrogen (secondary N) is 1. The maximum atomic E-state index is 12.1. The zero-order valence-electron chi connectivity index (χ0n) is 15.3. The van der Waals surface area contributed by atoms with Crippen molar-refractivity contribution < 1.29 is 4.79 Å². The number of nitrogens with zero attached hydrogens (tertiary/aromatic N) is 3. The van der Waals surface area contributed by atoms with Crippen molar-refractivity contribution in [3.8, 4) is 0 Å². The van der Waals surface area contributed by atoms with Crippen LogP contribution in [0.15, 0.2) is 48.8 Å². The van der Waals surface area contributed by atoms with E-state index in [2.05, 4.69) is 40.0 Å². The summed E-state index contributed by atoms with van der Waals surface area (Å²) in [6, 6.07) is 11.8. The van der Waals surface area contributed by atoms with Gasteiger partial charge in [0.15, 0.2) is 0 Å². The lowest BCUT2D eigenvalue weighted by Gasteiger charge is -2.09. The molecule has 136 valence electrons. The Labute approximate surface area is 154 Å². The fourth-order valence-electron chi connectivity index (χ4n) is 3.14. The minimum atomic E-state index is -0.0520. The molecule has 2 aromatic heterocycles. The third-order valence-corrected chi connectivity index (χ3v) is 4.52. The molecule has 26 heavy (non-hydrogen) atoms. The molecule has 0 radical (unpaired) electrons. The number of para-hydroxylation sites is 2. The van der Waals surface area contributed by atoms with Gasteiger partial charge in [0, 0.05) is 37.5 Å². The number of hydrogen-bond acceptors (Lipinski definition) is 3. The van der Waals surface area contributed by atoms with E-state index in [0.717, 1.165) is 30.7 Å². The fourth-order valence-corrected chi connectivity index (χ4v) is 3.14. The summed E-state index contributed by atoms with van der Waals surface area (Å²) >= 11 is 0. The van der Waals surface area contributed by atoms with E-state index in [4.69, 9.17) is 4.98 Å². The molecule has 0 fully saturated rings. The second-order valence-corrected chi connectivity index (χ2v) is 6.47. The Morgan fingerprint density at radius 1 is 1.08 bits per heavy atom. The number of hydrogen-bond donors (Lipinski definition) is 1. The van der Waals surface area contributed by atoms with Crippen LogP contribution in [0.25, 0.3) is 11.0 Å². The van der Waals surface area contributed by atoms with Gasteiger partial charge in [-0.05, 0) is 37.1 Å². The Hall–Kier alpha value is -2.69. The van der Waals surface area contributed by atoms with E-state index in [1.807, 2.05) is 6.07 Å². The highest BCUT2D eigenvalue weighted by atomic mass is 16.1. The Morgan fingerprint density at radius 2 is 1.88 bits per heavy atom. The van der Waals surface area contributed by atoms with Crippen LogP contribution in [-0.4, -0.2) is 27.0 Å². The van der Waals surface area contributed by atoms with Gasteiger partial charge in [0.2, 0.25) is 0 Å². The number of fused-ring (bicyclic) bond motifs is 1. The lowest BCUT2D eigenvalue weighted by Crippen LogP contribution is -2.25. The number of rotatable bonds is 9. The van der Waals surface area contributed by atoms with Crippen LogP contribution in [0.5, 0.6) is 0 Å². The molecule has 0 unspecified atom stereocenters.